The largest absolute Gasteiger partial charge is 0.459 e. The van der Waals surface area contributed by atoms with E-state index >= 15 is 0 Å². The van der Waals surface area contributed by atoms with Crippen molar-refractivity contribution in [2.45, 2.75) is 40.4 Å². The maximum absolute atomic E-state index is 13.4. The van der Waals surface area contributed by atoms with Gasteiger partial charge in [0.05, 0.1) is 33.3 Å². The van der Waals surface area contributed by atoms with Crippen molar-refractivity contribution in [2.75, 3.05) is 0 Å². The molecule has 6 nitrogen and oxygen atoms in total. The van der Waals surface area contributed by atoms with Gasteiger partial charge in [0.25, 0.3) is 5.56 Å². The number of fused-ring (bicyclic) bond motifs is 1. The normalized spacial score (nSPS) is 11.2. The lowest BCUT2D eigenvalue weighted by Crippen LogP contribution is -2.26. The summed E-state index contributed by atoms with van der Waals surface area (Å²) in [5.41, 5.74) is 1.92. The molecule has 0 saturated heterocycles. The predicted molar refractivity (Wildman–Crippen MR) is 108 cm³/mol. The first-order chi connectivity index (χ1) is 13.3. The quantitative estimate of drug-likeness (QED) is 0.675. The third-order valence-electron chi connectivity index (χ3n) is 4.46. The molecule has 0 unspecified atom stereocenters. The Balaban J connectivity index is 2.39. The lowest BCUT2D eigenvalue weighted by atomic mass is 9.98. The standard InChI is InChI=1S/C21H21ClN2O4/c1-11(2)28-21(27)18-12(3)9-15-19(13(18)4)20(26)24(17(10-25)23-15)16-8-6-5-7-14(16)22/h5-9,11,25H,10H2,1-4H3. The number of rotatable bonds is 4. The molecule has 0 fully saturated rings. The fourth-order valence-electron chi connectivity index (χ4n) is 3.31. The van der Waals surface area contributed by atoms with Gasteiger partial charge >= 0.3 is 5.97 Å². The van der Waals surface area contributed by atoms with Crippen LogP contribution in [0.15, 0.2) is 35.1 Å². The number of para-hydroxylation sites is 1. The third kappa shape index (κ3) is 3.41. The molecular weight excluding hydrogens is 380 g/mol. The van der Waals surface area contributed by atoms with Gasteiger partial charge in [0.1, 0.15) is 12.4 Å². The molecule has 7 heteroatoms. The maximum Gasteiger partial charge on any atom is 0.338 e. The van der Waals surface area contributed by atoms with Crippen LogP contribution in [0.4, 0.5) is 0 Å². The van der Waals surface area contributed by atoms with Crippen LogP contribution in [0.25, 0.3) is 16.6 Å². The summed E-state index contributed by atoms with van der Waals surface area (Å²) in [6.45, 7) is 6.56. The number of hydrogen-bond donors (Lipinski definition) is 1. The molecule has 3 aromatic rings. The molecule has 0 spiro atoms. The first-order valence-electron chi connectivity index (χ1n) is 8.88. The number of hydrogen-bond acceptors (Lipinski definition) is 5. The molecule has 0 bridgehead atoms. The molecule has 1 heterocycles. The van der Waals surface area contributed by atoms with Crippen LogP contribution in [0.1, 0.15) is 41.2 Å². The molecule has 0 amide bonds. The minimum Gasteiger partial charge on any atom is -0.459 e. The Hall–Kier alpha value is -2.70. The molecule has 1 N–H and O–H groups in total. The van der Waals surface area contributed by atoms with E-state index in [2.05, 4.69) is 4.98 Å². The molecule has 0 radical (unpaired) electrons. The Morgan fingerprint density at radius 2 is 1.96 bits per heavy atom. The Bertz CT molecular complexity index is 1140. The van der Waals surface area contributed by atoms with E-state index in [1.165, 1.54) is 4.57 Å². The first kappa shape index (κ1) is 20.0. The summed E-state index contributed by atoms with van der Waals surface area (Å²) in [5.74, 6) is -0.316. The van der Waals surface area contributed by atoms with Crippen molar-refractivity contribution in [3.8, 4) is 5.69 Å². The molecule has 0 saturated carbocycles. The number of carbonyl (C=O) groups is 1. The molecule has 0 atom stereocenters. The number of aliphatic hydroxyl groups excluding tert-OH is 1. The van der Waals surface area contributed by atoms with Crippen molar-refractivity contribution in [1.29, 1.82) is 0 Å². The minimum atomic E-state index is -0.484. The highest BCUT2D eigenvalue weighted by molar-refractivity contribution is 6.32. The van der Waals surface area contributed by atoms with E-state index in [-0.39, 0.29) is 11.9 Å². The number of esters is 1. The number of benzene rings is 2. The van der Waals surface area contributed by atoms with Crippen LogP contribution >= 0.6 is 11.6 Å². The topological polar surface area (TPSA) is 81.4 Å². The Morgan fingerprint density at radius 3 is 2.57 bits per heavy atom. The zero-order chi connectivity index (χ0) is 20.6. The van der Waals surface area contributed by atoms with Crippen LogP contribution in [0.5, 0.6) is 0 Å². The Kier molecular flexibility index (Phi) is 5.54. The van der Waals surface area contributed by atoms with Gasteiger partial charge in [0.15, 0.2) is 0 Å². The van der Waals surface area contributed by atoms with Crippen LogP contribution < -0.4 is 5.56 Å². The second kappa shape index (κ2) is 7.73. The van der Waals surface area contributed by atoms with Crippen molar-refractivity contribution in [1.82, 2.24) is 9.55 Å². The number of halogens is 1. The van der Waals surface area contributed by atoms with E-state index < -0.39 is 18.1 Å². The molecular formula is C21H21ClN2O4. The highest BCUT2D eigenvalue weighted by atomic mass is 35.5. The fourth-order valence-corrected chi connectivity index (χ4v) is 3.53. The van der Waals surface area contributed by atoms with Gasteiger partial charge < -0.3 is 9.84 Å². The molecule has 28 heavy (non-hydrogen) atoms. The smallest absolute Gasteiger partial charge is 0.338 e. The van der Waals surface area contributed by atoms with E-state index in [9.17, 15) is 14.7 Å². The van der Waals surface area contributed by atoms with Gasteiger partial charge in [-0.1, -0.05) is 23.7 Å². The first-order valence-corrected chi connectivity index (χ1v) is 9.26. The molecule has 0 aliphatic heterocycles. The summed E-state index contributed by atoms with van der Waals surface area (Å²) >= 11 is 6.27. The summed E-state index contributed by atoms with van der Waals surface area (Å²) in [4.78, 5) is 30.4. The Labute approximate surface area is 167 Å². The third-order valence-corrected chi connectivity index (χ3v) is 4.78. The summed E-state index contributed by atoms with van der Waals surface area (Å²) in [6, 6.07) is 8.48. The van der Waals surface area contributed by atoms with E-state index in [0.717, 1.165) is 0 Å². The number of aromatic nitrogens is 2. The summed E-state index contributed by atoms with van der Waals surface area (Å²) < 4.78 is 6.62. The molecule has 0 aliphatic carbocycles. The van der Waals surface area contributed by atoms with Gasteiger partial charge in [-0.25, -0.2) is 9.78 Å². The van der Waals surface area contributed by atoms with E-state index in [0.29, 0.717) is 38.3 Å². The molecule has 1 aromatic heterocycles. The number of ether oxygens (including phenoxy) is 1. The van der Waals surface area contributed by atoms with Crippen molar-refractivity contribution in [3.63, 3.8) is 0 Å². The zero-order valence-corrected chi connectivity index (χ0v) is 16.9. The van der Waals surface area contributed by atoms with Crippen molar-refractivity contribution in [2.24, 2.45) is 0 Å². The summed E-state index contributed by atoms with van der Waals surface area (Å²) in [7, 11) is 0. The molecule has 3 rings (SSSR count). The minimum absolute atomic E-state index is 0.168. The van der Waals surface area contributed by atoms with Crippen LogP contribution in [0.3, 0.4) is 0 Å². The van der Waals surface area contributed by atoms with Gasteiger partial charge in [-0.15, -0.1) is 0 Å². The van der Waals surface area contributed by atoms with Gasteiger partial charge in [-0.3, -0.25) is 9.36 Å². The summed E-state index contributed by atoms with van der Waals surface area (Å²) in [6.07, 6.45) is -0.281. The highest BCUT2D eigenvalue weighted by Gasteiger charge is 2.22. The van der Waals surface area contributed by atoms with Crippen molar-refractivity contribution in [3.05, 3.63) is 68.2 Å². The summed E-state index contributed by atoms with van der Waals surface area (Å²) in [5, 5.41) is 10.4. The number of nitrogens with zero attached hydrogens (tertiary/aromatic N) is 2. The van der Waals surface area contributed by atoms with Gasteiger partial charge in [0.2, 0.25) is 0 Å². The lowest BCUT2D eigenvalue weighted by Gasteiger charge is -2.17. The lowest BCUT2D eigenvalue weighted by molar-refractivity contribution is 0.0376. The van der Waals surface area contributed by atoms with Crippen LogP contribution in [-0.2, 0) is 11.3 Å². The van der Waals surface area contributed by atoms with Crippen LogP contribution in [0, 0.1) is 13.8 Å². The van der Waals surface area contributed by atoms with Gasteiger partial charge in [-0.2, -0.15) is 0 Å². The number of aryl methyl sites for hydroxylation is 2. The second-order valence-corrected chi connectivity index (χ2v) is 7.23. The highest BCUT2D eigenvalue weighted by Crippen LogP contribution is 2.26. The molecule has 0 aliphatic rings. The zero-order valence-electron chi connectivity index (χ0n) is 16.1. The Morgan fingerprint density at radius 1 is 1.29 bits per heavy atom. The van der Waals surface area contributed by atoms with E-state index in [4.69, 9.17) is 16.3 Å². The molecule has 2 aromatic carbocycles. The fraction of sp³-hybridized carbons (Fsp3) is 0.286. The monoisotopic (exact) mass is 400 g/mol. The number of carbonyl (C=O) groups excluding carboxylic acids is 1. The maximum atomic E-state index is 13.4. The molecule has 146 valence electrons. The second-order valence-electron chi connectivity index (χ2n) is 6.82. The van der Waals surface area contributed by atoms with Crippen molar-refractivity contribution < 1.29 is 14.6 Å². The van der Waals surface area contributed by atoms with Crippen LogP contribution in [-0.4, -0.2) is 26.7 Å². The average molecular weight is 401 g/mol. The average Bonchev–Trinajstić information content (AvgIpc) is 2.61. The van der Waals surface area contributed by atoms with E-state index in [1.54, 1.807) is 58.0 Å². The van der Waals surface area contributed by atoms with Crippen molar-refractivity contribution >= 4 is 28.5 Å². The van der Waals surface area contributed by atoms with Gasteiger partial charge in [-0.05, 0) is 57.0 Å². The SMILES string of the molecule is Cc1cc2nc(CO)n(-c3ccccc3Cl)c(=O)c2c(C)c1C(=O)OC(C)C. The van der Waals surface area contributed by atoms with Crippen LogP contribution in [0.2, 0.25) is 5.02 Å². The van der Waals surface area contributed by atoms with Gasteiger partial charge in [0, 0.05) is 0 Å². The predicted octanol–water partition coefficient (Wildman–Crippen LogP) is 3.71. The van der Waals surface area contributed by atoms with E-state index in [1.807, 2.05) is 0 Å². The number of aliphatic hydroxyl groups is 1.